The van der Waals surface area contributed by atoms with Gasteiger partial charge in [-0.05, 0) is 60.2 Å². The highest BCUT2D eigenvalue weighted by Gasteiger charge is 2.43. The third-order valence-corrected chi connectivity index (χ3v) is 6.47. The molecule has 5 nitrogen and oxygen atoms in total. The van der Waals surface area contributed by atoms with Gasteiger partial charge in [-0.3, -0.25) is 9.88 Å². The predicted octanol–water partition coefficient (Wildman–Crippen LogP) is 3.24. The second-order valence-electron chi connectivity index (χ2n) is 7.15. The second-order valence-corrected chi connectivity index (χ2v) is 7.93. The Balaban J connectivity index is 1.35. The van der Waals surface area contributed by atoms with Gasteiger partial charge >= 0.3 is 0 Å². The molecule has 2 saturated heterocycles. The summed E-state index contributed by atoms with van der Waals surface area (Å²) in [6.07, 6.45) is 8.63. The third kappa shape index (κ3) is 4.02. The maximum atomic E-state index is 5.92. The molecule has 0 bridgehead atoms. The largest absolute Gasteiger partial charge is 0.476 e. The number of nitrogens with zero attached hydrogens (tertiary/aromatic N) is 3. The Labute approximate surface area is 153 Å². The molecule has 2 fully saturated rings. The molecule has 134 valence electrons. The standard InChI is InChI=1S/C19H25N3O2S/c1-10-25-15-16(1)12-22-7-2-19(3-8-22)4-9-23-13-17(19)14-24-18-11-20-5-6-21-18/h1,5-6,10-11,15,17H,2-4,7-9,12-14H2. The summed E-state index contributed by atoms with van der Waals surface area (Å²) < 4.78 is 11.7. The van der Waals surface area contributed by atoms with Crippen molar-refractivity contribution < 1.29 is 9.47 Å². The quantitative estimate of drug-likeness (QED) is 0.820. The number of likely N-dealkylation sites (tertiary alicyclic amines) is 1. The van der Waals surface area contributed by atoms with Crippen LogP contribution in [0.4, 0.5) is 0 Å². The van der Waals surface area contributed by atoms with Crippen LogP contribution >= 0.6 is 11.3 Å². The number of hydrogen-bond donors (Lipinski definition) is 0. The lowest BCUT2D eigenvalue weighted by molar-refractivity contribution is -0.0867. The molecule has 0 radical (unpaired) electrons. The van der Waals surface area contributed by atoms with Gasteiger partial charge in [0.05, 0.1) is 19.4 Å². The highest BCUT2D eigenvalue weighted by molar-refractivity contribution is 7.07. The average Bonchev–Trinajstić information content (AvgIpc) is 3.17. The van der Waals surface area contributed by atoms with Crippen LogP contribution in [0.3, 0.4) is 0 Å². The molecule has 0 aliphatic carbocycles. The Morgan fingerprint density at radius 1 is 1.28 bits per heavy atom. The molecule has 0 amide bonds. The van der Waals surface area contributed by atoms with Gasteiger partial charge in [-0.2, -0.15) is 11.3 Å². The fraction of sp³-hybridized carbons (Fsp3) is 0.579. The van der Waals surface area contributed by atoms with Gasteiger partial charge in [-0.15, -0.1) is 0 Å². The minimum atomic E-state index is 0.353. The first-order chi connectivity index (χ1) is 12.3. The lowest BCUT2D eigenvalue weighted by Gasteiger charge is -2.48. The minimum Gasteiger partial charge on any atom is -0.476 e. The molecule has 1 atom stereocenters. The highest BCUT2D eigenvalue weighted by Crippen LogP contribution is 2.45. The Morgan fingerprint density at radius 2 is 2.20 bits per heavy atom. The Bertz CT molecular complexity index is 642. The first-order valence-corrected chi connectivity index (χ1v) is 9.98. The summed E-state index contributed by atoms with van der Waals surface area (Å²) in [5.41, 5.74) is 1.79. The van der Waals surface area contributed by atoms with Crippen molar-refractivity contribution in [3.8, 4) is 5.88 Å². The SMILES string of the molecule is c1cnc(OCC2COCCC23CCN(Cc2ccsc2)CC3)cn1. The van der Waals surface area contributed by atoms with Crippen LogP contribution in [0.25, 0.3) is 0 Å². The van der Waals surface area contributed by atoms with Gasteiger partial charge in [0, 0.05) is 31.5 Å². The Hall–Kier alpha value is -1.50. The van der Waals surface area contributed by atoms with Crippen LogP contribution in [0, 0.1) is 11.3 Å². The third-order valence-electron chi connectivity index (χ3n) is 5.74. The molecule has 6 heteroatoms. The first kappa shape index (κ1) is 16.9. The van der Waals surface area contributed by atoms with Crippen molar-refractivity contribution in [3.63, 3.8) is 0 Å². The summed E-state index contributed by atoms with van der Waals surface area (Å²) in [6.45, 7) is 5.76. The molecule has 2 aromatic heterocycles. The van der Waals surface area contributed by atoms with E-state index in [4.69, 9.17) is 9.47 Å². The second kappa shape index (κ2) is 7.81. The number of ether oxygens (including phenoxy) is 2. The van der Waals surface area contributed by atoms with E-state index in [0.29, 0.717) is 23.8 Å². The molecule has 0 N–H and O–H groups in total. The monoisotopic (exact) mass is 359 g/mol. The molecule has 4 rings (SSSR count). The van der Waals surface area contributed by atoms with E-state index in [9.17, 15) is 0 Å². The van der Waals surface area contributed by atoms with Crippen molar-refractivity contribution >= 4 is 11.3 Å². The van der Waals surface area contributed by atoms with Crippen LogP contribution in [0.5, 0.6) is 5.88 Å². The van der Waals surface area contributed by atoms with E-state index in [0.717, 1.165) is 39.3 Å². The van der Waals surface area contributed by atoms with Crippen LogP contribution in [0.2, 0.25) is 0 Å². The zero-order valence-corrected chi connectivity index (χ0v) is 15.3. The number of hydrogen-bond acceptors (Lipinski definition) is 6. The minimum absolute atomic E-state index is 0.353. The van der Waals surface area contributed by atoms with Crippen LogP contribution < -0.4 is 4.74 Å². The van der Waals surface area contributed by atoms with Crippen molar-refractivity contribution in [2.75, 3.05) is 32.9 Å². The normalized spacial score (nSPS) is 23.6. The molecule has 0 saturated carbocycles. The predicted molar refractivity (Wildman–Crippen MR) is 97.7 cm³/mol. The zero-order valence-electron chi connectivity index (χ0n) is 14.5. The molecular formula is C19H25N3O2S. The molecule has 4 heterocycles. The van der Waals surface area contributed by atoms with E-state index in [1.165, 1.54) is 18.4 Å². The maximum Gasteiger partial charge on any atom is 0.232 e. The molecular weight excluding hydrogens is 334 g/mol. The van der Waals surface area contributed by atoms with Crippen molar-refractivity contribution in [1.29, 1.82) is 0 Å². The van der Waals surface area contributed by atoms with Crippen molar-refractivity contribution in [2.45, 2.75) is 25.8 Å². The maximum absolute atomic E-state index is 5.92. The summed E-state index contributed by atoms with van der Waals surface area (Å²) >= 11 is 1.78. The van der Waals surface area contributed by atoms with Gasteiger partial charge in [-0.25, -0.2) is 4.98 Å². The number of rotatable bonds is 5. The van der Waals surface area contributed by atoms with E-state index in [-0.39, 0.29) is 0 Å². The van der Waals surface area contributed by atoms with Gasteiger partial charge < -0.3 is 9.47 Å². The van der Waals surface area contributed by atoms with E-state index in [1.54, 1.807) is 29.9 Å². The fourth-order valence-corrected chi connectivity index (χ4v) is 4.77. The van der Waals surface area contributed by atoms with Crippen molar-refractivity contribution in [2.24, 2.45) is 11.3 Å². The van der Waals surface area contributed by atoms with E-state index in [2.05, 4.69) is 31.7 Å². The Morgan fingerprint density at radius 3 is 2.96 bits per heavy atom. The molecule has 25 heavy (non-hydrogen) atoms. The molecule has 1 spiro atoms. The van der Waals surface area contributed by atoms with E-state index in [1.807, 2.05) is 0 Å². The van der Waals surface area contributed by atoms with Crippen LogP contribution in [-0.2, 0) is 11.3 Å². The molecule has 1 unspecified atom stereocenters. The van der Waals surface area contributed by atoms with Crippen LogP contribution in [0.15, 0.2) is 35.4 Å². The van der Waals surface area contributed by atoms with Gasteiger partial charge in [0.2, 0.25) is 5.88 Å². The number of piperidine rings is 1. The summed E-state index contributed by atoms with van der Waals surface area (Å²) in [7, 11) is 0. The summed E-state index contributed by atoms with van der Waals surface area (Å²) in [5.74, 6) is 1.05. The lowest BCUT2D eigenvalue weighted by Crippen LogP contribution is -2.49. The molecule has 0 aromatic carbocycles. The summed E-state index contributed by atoms with van der Waals surface area (Å²) in [6, 6.07) is 2.24. The van der Waals surface area contributed by atoms with Gasteiger partial charge in [0.15, 0.2) is 0 Å². The van der Waals surface area contributed by atoms with Gasteiger partial charge in [-0.1, -0.05) is 0 Å². The number of aromatic nitrogens is 2. The molecule has 2 aromatic rings. The fourth-order valence-electron chi connectivity index (χ4n) is 4.11. The van der Waals surface area contributed by atoms with Gasteiger partial charge in [0.25, 0.3) is 0 Å². The topological polar surface area (TPSA) is 47.5 Å². The summed E-state index contributed by atoms with van der Waals surface area (Å²) in [5, 5.41) is 4.43. The lowest BCUT2D eigenvalue weighted by atomic mass is 9.66. The van der Waals surface area contributed by atoms with Crippen LogP contribution in [-0.4, -0.2) is 47.8 Å². The zero-order chi connectivity index (χ0) is 17.0. The number of thiophene rings is 1. The highest BCUT2D eigenvalue weighted by atomic mass is 32.1. The van der Waals surface area contributed by atoms with Crippen LogP contribution in [0.1, 0.15) is 24.8 Å². The summed E-state index contributed by atoms with van der Waals surface area (Å²) in [4.78, 5) is 10.9. The van der Waals surface area contributed by atoms with Crippen molar-refractivity contribution in [1.82, 2.24) is 14.9 Å². The Kier molecular flexibility index (Phi) is 5.29. The van der Waals surface area contributed by atoms with E-state index < -0.39 is 0 Å². The van der Waals surface area contributed by atoms with Crippen molar-refractivity contribution in [3.05, 3.63) is 41.0 Å². The van der Waals surface area contributed by atoms with Gasteiger partial charge in [0.1, 0.15) is 0 Å². The molecule has 2 aliphatic rings. The van der Waals surface area contributed by atoms with E-state index >= 15 is 0 Å². The molecule has 2 aliphatic heterocycles. The first-order valence-electron chi connectivity index (χ1n) is 9.04. The smallest absolute Gasteiger partial charge is 0.232 e. The average molecular weight is 359 g/mol.